The zero-order valence-electron chi connectivity index (χ0n) is 18.7. The molecule has 36 heavy (non-hydrogen) atoms. The standard InChI is InChI=1S/C24H19ClF2N4O3S2/c1-14(18-10-8-17(26)13-20(18)27)28-24(32)19-9-7-16(25)12-22(19)31(36(33)34)23-21(29-35-30-23)11-15-5-3-2-4-6-15/h2-10,12-14H,11H2,1H3,(H,28,32)(H,33,34). The fourth-order valence-electron chi connectivity index (χ4n) is 3.60. The second kappa shape index (κ2) is 11.2. The summed E-state index contributed by atoms with van der Waals surface area (Å²) in [5, 5.41) is 2.85. The Bertz CT molecular complexity index is 1420. The van der Waals surface area contributed by atoms with Crippen LogP contribution in [0.5, 0.6) is 0 Å². The van der Waals surface area contributed by atoms with Gasteiger partial charge >= 0.3 is 0 Å². The summed E-state index contributed by atoms with van der Waals surface area (Å²) >= 11 is 4.40. The minimum atomic E-state index is -2.64. The molecule has 2 N–H and O–H groups in total. The van der Waals surface area contributed by atoms with Gasteiger partial charge in [0.25, 0.3) is 17.2 Å². The Kier molecular flexibility index (Phi) is 8.04. The van der Waals surface area contributed by atoms with Gasteiger partial charge in [0.05, 0.1) is 29.0 Å². The van der Waals surface area contributed by atoms with Crippen LogP contribution in [-0.2, 0) is 17.7 Å². The molecule has 4 rings (SSSR count). The van der Waals surface area contributed by atoms with Crippen molar-refractivity contribution in [3.63, 3.8) is 0 Å². The number of aromatic nitrogens is 2. The second-order valence-corrected chi connectivity index (χ2v) is 9.54. The lowest BCUT2D eigenvalue weighted by atomic mass is 10.1. The molecule has 12 heteroatoms. The third-order valence-corrected chi connectivity index (χ3v) is 6.77. The van der Waals surface area contributed by atoms with Crippen molar-refractivity contribution >= 4 is 52.0 Å². The van der Waals surface area contributed by atoms with Gasteiger partial charge in [0.2, 0.25) is 0 Å². The van der Waals surface area contributed by atoms with Crippen molar-refractivity contribution < 1.29 is 22.3 Å². The molecule has 1 heterocycles. The van der Waals surface area contributed by atoms with E-state index in [0.29, 0.717) is 12.1 Å². The highest BCUT2D eigenvalue weighted by atomic mass is 35.5. The molecular formula is C24H19ClF2N4O3S2. The van der Waals surface area contributed by atoms with Gasteiger partial charge in [-0.2, -0.15) is 8.75 Å². The van der Waals surface area contributed by atoms with Crippen LogP contribution in [0, 0.1) is 11.6 Å². The predicted octanol–water partition coefficient (Wildman–Crippen LogP) is 5.83. The molecule has 7 nitrogen and oxygen atoms in total. The van der Waals surface area contributed by atoms with Crippen LogP contribution in [0.15, 0.2) is 66.7 Å². The second-order valence-electron chi connectivity index (χ2n) is 7.74. The molecule has 1 aromatic heterocycles. The van der Waals surface area contributed by atoms with Gasteiger partial charge in [0.1, 0.15) is 17.3 Å². The number of nitrogens with one attached hydrogen (secondary N) is 1. The molecule has 186 valence electrons. The molecule has 0 bridgehead atoms. The van der Waals surface area contributed by atoms with E-state index < -0.39 is 34.8 Å². The highest BCUT2D eigenvalue weighted by Gasteiger charge is 2.28. The van der Waals surface area contributed by atoms with E-state index in [1.54, 1.807) is 0 Å². The molecule has 0 saturated heterocycles. The summed E-state index contributed by atoms with van der Waals surface area (Å²) in [6.07, 6.45) is 0.337. The maximum absolute atomic E-state index is 14.2. The van der Waals surface area contributed by atoms with Gasteiger partial charge in [-0.05, 0) is 36.8 Å². The number of hydrogen-bond acceptors (Lipinski definition) is 5. The van der Waals surface area contributed by atoms with E-state index in [0.717, 1.165) is 33.7 Å². The Morgan fingerprint density at radius 2 is 1.89 bits per heavy atom. The van der Waals surface area contributed by atoms with Gasteiger partial charge in [0.15, 0.2) is 5.82 Å². The predicted molar refractivity (Wildman–Crippen MR) is 136 cm³/mol. The zero-order chi connectivity index (χ0) is 25.8. The van der Waals surface area contributed by atoms with Crippen molar-refractivity contribution in [1.29, 1.82) is 0 Å². The molecule has 0 radical (unpaired) electrons. The SMILES string of the molecule is CC(NC(=O)c1ccc(Cl)cc1N(c1nsnc1Cc1ccccc1)S(=O)O)c1ccc(F)cc1F. The molecule has 0 saturated carbocycles. The van der Waals surface area contributed by atoms with Crippen LogP contribution in [0.25, 0.3) is 0 Å². The van der Waals surface area contributed by atoms with E-state index in [1.165, 1.54) is 31.2 Å². The molecule has 0 aliphatic rings. The molecule has 3 aromatic carbocycles. The van der Waals surface area contributed by atoms with Crippen molar-refractivity contribution in [3.8, 4) is 0 Å². The third kappa shape index (κ3) is 5.76. The third-order valence-electron chi connectivity index (χ3n) is 5.30. The first kappa shape index (κ1) is 25.8. The molecule has 4 aromatic rings. The Hall–Kier alpha value is -3.25. The largest absolute Gasteiger partial charge is 0.345 e. The van der Waals surface area contributed by atoms with Crippen LogP contribution in [0.4, 0.5) is 20.3 Å². The van der Waals surface area contributed by atoms with Crippen LogP contribution in [0.1, 0.15) is 40.1 Å². The van der Waals surface area contributed by atoms with Crippen molar-refractivity contribution in [3.05, 3.63) is 106 Å². The van der Waals surface area contributed by atoms with E-state index in [1.807, 2.05) is 30.3 Å². The van der Waals surface area contributed by atoms with Gasteiger partial charge in [-0.15, -0.1) is 0 Å². The first-order chi connectivity index (χ1) is 17.2. The van der Waals surface area contributed by atoms with Gasteiger partial charge in [-0.3, -0.25) is 9.35 Å². The molecule has 2 atom stereocenters. The van der Waals surface area contributed by atoms with E-state index in [-0.39, 0.29) is 27.7 Å². The Morgan fingerprint density at radius 1 is 1.14 bits per heavy atom. The van der Waals surface area contributed by atoms with Gasteiger partial charge < -0.3 is 5.32 Å². The Morgan fingerprint density at radius 3 is 2.58 bits per heavy atom. The molecule has 0 aliphatic heterocycles. The van der Waals surface area contributed by atoms with Crippen molar-refractivity contribution in [1.82, 2.24) is 14.1 Å². The van der Waals surface area contributed by atoms with Crippen LogP contribution in [0.2, 0.25) is 5.02 Å². The average Bonchev–Trinajstić information content (AvgIpc) is 3.27. The first-order valence-electron chi connectivity index (χ1n) is 10.6. The van der Waals surface area contributed by atoms with Crippen LogP contribution >= 0.6 is 23.3 Å². The topological polar surface area (TPSA) is 95.4 Å². The lowest BCUT2D eigenvalue weighted by Crippen LogP contribution is -2.30. The van der Waals surface area contributed by atoms with Crippen molar-refractivity contribution in [2.24, 2.45) is 0 Å². The van der Waals surface area contributed by atoms with Crippen molar-refractivity contribution in [2.75, 3.05) is 4.31 Å². The Labute approximate surface area is 217 Å². The number of carbonyl (C=O) groups is 1. The summed E-state index contributed by atoms with van der Waals surface area (Å²) in [5.41, 5.74) is 1.43. The quantitative estimate of drug-likeness (QED) is 0.270. The number of hydrogen-bond donors (Lipinski definition) is 2. The first-order valence-corrected chi connectivity index (χ1v) is 12.7. The molecular weight excluding hydrogens is 530 g/mol. The number of nitrogens with zero attached hydrogens (tertiary/aromatic N) is 3. The fraction of sp³-hybridized carbons (Fsp3) is 0.125. The summed E-state index contributed by atoms with van der Waals surface area (Å²) in [7, 11) is 0. The van der Waals surface area contributed by atoms with Crippen LogP contribution in [0.3, 0.4) is 0 Å². The number of amides is 1. The zero-order valence-corrected chi connectivity index (χ0v) is 21.1. The normalized spacial score (nSPS) is 12.7. The summed E-state index contributed by atoms with van der Waals surface area (Å²) in [6.45, 7) is 1.54. The fourth-order valence-corrected chi connectivity index (χ4v) is 4.98. The van der Waals surface area contributed by atoms with Crippen molar-refractivity contribution in [2.45, 2.75) is 19.4 Å². The highest BCUT2D eigenvalue weighted by molar-refractivity contribution is 7.81. The number of benzene rings is 3. The number of rotatable bonds is 8. The number of anilines is 2. The summed E-state index contributed by atoms with van der Waals surface area (Å²) < 4.78 is 59.7. The number of halogens is 3. The van der Waals surface area contributed by atoms with E-state index in [9.17, 15) is 22.3 Å². The maximum Gasteiger partial charge on any atom is 0.268 e. The lowest BCUT2D eigenvalue weighted by molar-refractivity contribution is 0.0940. The van der Waals surface area contributed by atoms with Crippen LogP contribution < -0.4 is 9.62 Å². The maximum atomic E-state index is 14.2. The minimum absolute atomic E-state index is 0.00479. The van der Waals surface area contributed by atoms with E-state index in [2.05, 4.69) is 14.1 Å². The highest BCUT2D eigenvalue weighted by Crippen LogP contribution is 2.34. The molecule has 0 aliphatic carbocycles. The summed E-state index contributed by atoms with van der Waals surface area (Å²) in [4.78, 5) is 13.2. The van der Waals surface area contributed by atoms with Gasteiger partial charge in [-0.25, -0.2) is 17.3 Å². The van der Waals surface area contributed by atoms with E-state index >= 15 is 0 Å². The minimum Gasteiger partial charge on any atom is -0.345 e. The summed E-state index contributed by atoms with van der Waals surface area (Å²) in [5.74, 6) is -2.12. The molecule has 0 fully saturated rings. The van der Waals surface area contributed by atoms with Crippen LogP contribution in [-0.4, -0.2) is 23.4 Å². The Balaban J connectivity index is 1.70. The van der Waals surface area contributed by atoms with Gasteiger partial charge in [0, 0.05) is 23.1 Å². The summed E-state index contributed by atoms with van der Waals surface area (Å²) in [6, 6.07) is 15.8. The average molecular weight is 549 g/mol. The van der Waals surface area contributed by atoms with Gasteiger partial charge in [-0.1, -0.05) is 48.0 Å². The monoisotopic (exact) mass is 548 g/mol. The molecule has 1 amide bonds. The smallest absolute Gasteiger partial charge is 0.268 e. The molecule has 2 unspecified atom stereocenters. The molecule has 0 spiro atoms. The lowest BCUT2D eigenvalue weighted by Gasteiger charge is -2.22. The number of carbonyl (C=O) groups excluding carboxylic acids is 1. The van der Waals surface area contributed by atoms with E-state index in [4.69, 9.17) is 11.6 Å².